The van der Waals surface area contributed by atoms with Gasteiger partial charge in [0.05, 0.1) is 31.3 Å². The van der Waals surface area contributed by atoms with E-state index in [9.17, 15) is 29.3 Å². The molecule has 4 fully saturated rings. The second-order valence-corrected chi connectivity index (χ2v) is 13.5. The first-order chi connectivity index (χ1) is 20.2. The maximum Gasteiger partial charge on any atom is 0.222 e. The van der Waals surface area contributed by atoms with Crippen LogP contribution in [-0.2, 0) is 14.3 Å². The second kappa shape index (κ2) is 16.3. The Morgan fingerprint density at radius 1 is 0.976 bits per heavy atom. The van der Waals surface area contributed by atoms with Crippen molar-refractivity contribution >= 4 is 23.4 Å². The molecule has 3 heterocycles. The number of rotatable bonds is 14. The van der Waals surface area contributed by atoms with Gasteiger partial charge >= 0.3 is 0 Å². The zero-order valence-electron chi connectivity index (χ0n) is 24.7. The Morgan fingerprint density at radius 3 is 2.26 bits per heavy atom. The maximum atomic E-state index is 15.0. The van der Waals surface area contributed by atoms with Crippen molar-refractivity contribution in [2.45, 2.75) is 87.3 Å². The molecular formula is C29H51ClFN5O6. The molecule has 0 spiro atoms. The number of nitrogens with one attached hydrogen (secondary N) is 3. The Morgan fingerprint density at radius 2 is 1.64 bits per heavy atom. The van der Waals surface area contributed by atoms with Crippen molar-refractivity contribution in [3.05, 3.63) is 0 Å². The number of aliphatic hydroxyl groups is 3. The SMILES string of the molecule is O=C(CC1CN(C(=O)CC2CCC(OCCCC3CCN(C4NCC(Cl)CN4)CC3)CC2F)C1)NC(CO)(CO)CO. The molecule has 6 N–H and O–H groups in total. The van der Waals surface area contributed by atoms with Crippen LogP contribution in [0.1, 0.15) is 57.8 Å². The summed E-state index contributed by atoms with van der Waals surface area (Å²) in [5, 5.41) is 37.6. The largest absolute Gasteiger partial charge is 0.394 e. The van der Waals surface area contributed by atoms with Crippen LogP contribution in [-0.4, -0.2) is 132 Å². The summed E-state index contributed by atoms with van der Waals surface area (Å²) in [4.78, 5) is 29.1. The Labute approximate surface area is 253 Å². The average molecular weight is 620 g/mol. The van der Waals surface area contributed by atoms with Crippen LogP contribution in [0.5, 0.6) is 0 Å². The Bertz CT molecular complexity index is 842. The molecule has 3 atom stereocenters. The molecule has 0 radical (unpaired) electrons. The van der Waals surface area contributed by atoms with Crippen LogP contribution in [0.25, 0.3) is 0 Å². The third kappa shape index (κ3) is 9.44. The molecule has 242 valence electrons. The van der Waals surface area contributed by atoms with Gasteiger partial charge in [-0.1, -0.05) is 0 Å². The number of halogens is 2. The highest BCUT2D eigenvalue weighted by Gasteiger charge is 2.38. The molecule has 3 unspecified atom stereocenters. The zero-order chi connectivity index (χ0) is 30.1. The molecule has 11 nitrogen and oxygen atoms in total. The van der Waals surface area contributed by atoms with E-state index in [-0.39, 0.29) is 48.4 Å². The van der Waals surface area contributed by atoms with Crippen LogP contribution in [0.3, 0.4) is 0 Å². The summed E-state index contributed by atoms with van der Waals surface area (Å²) < 4.78 is 21.0. The predicted molar refractivity (Wildman–Crippen MR) is 156 cm³/mol. The third-order valence-electron chi connectivity index (χ3n) is 9.58. The first kappa shape index (κ1) is 33.8. The molecule has 2 amide bonds. The molecule has 3 aliphatic heterocycles. The van der Waals surface area contributed by atoms with E-state index >= 15 is 0 Å². The highest BCUT2D eigenvalue weighted by molar-refractivity contribution is 6.21. The lowest BCUT2D eigenvalue weighted by atomic mass is 9.82. The number of hydrogen-bond acceptors (Lipinski definition) is 9. The Kier molecular flexibility index (Phi) is 13.1. The molecule has 13 heteroatoms. The quantitative estimate of drug-likeness (QED) is 0.118. The van der Waals surface area contributed by atoms with Crippen molar-refractivity contribution in [3.63, 3.8) is 0 Å². The van der Waals surface area contributed by atoms with Crippen molar-refractivity contribution < 1.29 is 34.0 Å². The maximum absolute atomic E-state index is 15.0. The number of nitrogens with zero attached hydrogens (tertiary/aromatic N) is 2. The van der Waals surface area contributed by atoms with Gasteiger partial charge in [-0.2, -0.15) is 0 Å². The first-order valence-electron chi connectivity index (χ1n) is 15.8. The van der Waals surface area contributed by atoms with E-state index in [4.69, 9.17) is 16.3 Å². The smallest absolute Gasteiger partial charge is 0.222 e. The minimum absolute atomic E-state index is 0.0364. The predicted octanol–water partition coefficient (Wildman–Crippen LogP) is 0.156. The van der Waals surface area contributed by atoms with E-state index in [1.54, 1.807) is 4.90 Å². The summed E-state index contributed by atoms with van der Waals surface area (Å²) >= 11 is 6.15. The monoisotopic (exact) mass is 619 g/mol. The molecule has 0 bridgehead atoms. The fourth-order valence-electron chi connectivity index (χ4n) is 6.66. The van der Waals surface area contributed by atoms with E-state index in [0.29, 0.717) is 38.5 Å². The van der Waals surface area contributed by atoms with E-state index in [1.165, 1.54) is 12.8 Å². The minimum atomic E-state index is -1.45. The van der Waals surface area contributed by atoms with Gasteiger partial charge in [-0.3, -0.25) is 25.1 Å². The molecule has 0 aromatic rings. The average Bonchev–Trinajstić information content (AvgIpc) is 2.98. The fraction of sp³-hybridized carbons (Fsp3) is 0.931. The van der Waals surface area contributed by atoms with E-state index in [2.05, 4.69) is 20.9 Å². The summed E-state index contributed by atoms with van der Waals surface area (Å²) in [6.45, 7) is 3.59. The normalized spacial score (nSPS) is 30.2. The van der Waals surface area contributed by atoms with Crippen molar-refractivity contribution in [2.75, 3.05) is 65.7 Å². The van der Waals surface area contributed by atoms with Crippen LogP contribution in [0.4, 0.5) is 4.39 Å². The van der Waals surface area contributed by atoms with Crippen LogP contribution in [0.15, 0.2) is 0 Å². The summed E-state index contributed by atoms with van der Waals surface area (Å²) in [6, 6.07) is 0. The van der Waals surface area contributed by atoms with Gasteiger partial charge in [0.15, 0.2) is 0 Å². The molecular weight excluding hydrogens is 569 g/mol. The number of aliphatic hydroxyl groups excluding tert-OH is 3. The number of ether oxygens (including phenoxy) is 1. The fourth-order valence-corrected chi connectivity index (χ4v) is 6.84. The molecule has 3 saturated heterocycles. The number of likely N-dealkylation sites (tertiary alicyclic amines) is 2. The first-order valence-corrected chi connectivity index (χ1v) is 16.2. The van der Waals surface area contributed by atoms with Gasteiger partial charge in [0.1, 0.15) is 18.0 Å². The summed E-state index contributed by atoms with van der Waals surface area (Å²) in [7, 11) is 0. The van der Waals surface area contributed by atoms with E-state index in [0.717, 1.165) is 45.4 Å². The lowest BCUT2D eigenvalue weighted by molar-refractivity contribution is -0.142. The van der Waals surface area contributed by atoms with Gasteiger partial charge in [0, 0.05) is 71.1 Å². The van der Waals surface area contributed by atoms with Gasteiger partial charge < -0.3 is 30.3 Å². The number of alkyl halides is 2. The lowest BCUT2D eigenvalue weighted by Crippen LogP contribution is -2.62. The molecule has 1 saturated carbocycles. The van der Waals surface area contributed by atoms with Crippen molar-refractivity contribution in [1.29, 1.82) is 0 Å². The lowest BCUT2D eigenvalue weighted by Gasteiger charge is -2.41. The van der Waals surface area contributed by atoms with E-state index in [1.807, 2.05) is 0 Å². The van der Waals surface area contributed by atoms with Crippen LogP contribution in [0.2, 0.25) is 0 Å². The number of hydrogen-bond donors (Lipinski definition) is 6. The standard InChI is InChI=1S/C29H51ClFN5O6/c30-23-13-32-28(33-14-23)35-7-5-20(6-8-35)2-1-9-42-24-4-3-22(25(31)12-24)11-27(41)36-15-21(16-36)10-26(40)34-29(17-37,18-38)19-39/h20-25,28,32-33,37-39H,1-19H2,(H,34,40). The van der Waals surface area contributed by atoms with Crippen molar-refractivity contribution in [3.8, 4) is 0 Å². The molecule has 42 heavy (non-hydrogen) atoms. The highest BCUT2D eigenvalue weighted by Crippen LogP contribution is 2.33. The molecule has 1 aliphatic carbocycles. The zero-order valence-corrected chi connectivity index (χ0v) is 25.4. The van der Waals surface area contributed by atoms with Gasteiger partial charge in [-0.05, 0) is 50.4 Å². The Balaban J connectivity index is 1.04. The van der Waals surface area contributed by atoms with Crippen LogP contribution in [0, 0.1) is 17.8 Å². The molecule has 4 rings (SSSR count). The van der Waals surface area contributed by atoms with Crippen molar-refractivity contribution in [2.24, 2.45) is 17.8 Å². The molecule has 0 aromatic carbocycles. The van der Waals surface area contributed by atoms with Gasteiger partial charge in [0.2, 0.25) is 11.8 Å². The Hall–Kier alpha value is -1.12. The van der Waals surface area contributed by atoms with Gasteiger partial charge in [-0.25, -0.2) is 4.39 Å². The third-order valence-corrected chi connectivity index (χ3v) is 9.89. The van der Waals surface area contributed by atoms with Gasteiger partial charge in [0.25, 0.3) is 0 Å². The highest BCUT2D eigenvalue weighted by atomic mass is 35.5. The summed E-state index contributed by atoms with van der Waals surface area (Å²) in [6.07, 6.45) is 5.61. The summed E-state index contributed by atoms with van der Waals surface area (Å²) in [5.74, 6) is -0.111. The number of piperidine rings is 1. The van der Waals surface area contributed by atoms with Crippen LogP contribution < -0.4 is 16.0 Å². The number of carbonyl (C=O) groups excluding carboxylic acids is 2. The second-order valence-electron chi connectivity index (χ2n) is 12.9. The number of carbonyl (C=O) groups is 2. The van der Waals surface area contributed by atoms with Crippen LogP contribution >= 0.6 is 11.6 Å². The van der Waals surface area contributed by atoms with Gasteiger partial charge in [-0.15, -0.1) is 11.6 Å². The van der Waals surface area contributed by atoms with E-state index < -0.39 is 37.4 Å². The number of amides is 2. The minimum Gasteiger partial charge on any atom is -0.394 e. The molecule has 4 aliphatic rings. The summed E-state index contributed by atoms with van der Waals surface area (Å²) in [5.41, 5.74) is -1.45. The topological polar surface area (TPSA) is 147 Å². The van der Waals surface area contributed by atoms with Crippen molar-refractivity contribution in [1.82, 2.24) is 25.8 Å². The molecule has 0 aromatic heterocycles.